The summed E-state index contributed by atoms with van der Waals surface area (Å²) >= 11 is 1.16. The zero-order chi connectivity index (χ0) is 20.2. The van der Waals surface area contributed by atoms with Crippen LogP contribution in [-0.2, 0) is 19.6 Å². The molecule has 0 spiro atoms. The number of amidine groups is 1. The third-order valence-electron chi connectivity index (χ3n) is 3.56. The topological polar surface area (TPSA) is 149 Å². The summed E-state index contributed by atoms with van der Waals surface area (Å²) in [4.78, 5) is 30.2. The maximum absolute atomic E-state index is 12.3. The van der Waals surface area contributed by atoms with E-state index in [0.29, 0.717) is 0 Å². The Balaban J connectivity index is 2.97. The number of thioether (sulfide) groups is 1. The molecule has 0 aliphatic carbocycles. The predicted octanol–water partition coefficient (Wildman–Crippen LogP) is -1.20. The fourth-order valence-corrected chi connectivity index (χ4v) is 3.71. The SMILES string of the molecule is C/C=C(\N=C(N)SC)C(=N)C(=O)NC1C(=O)N(S(C)(=O)=O)C1CN(C)C. The number of sulfonamides is 1. The minimum atomic E-state index is -3.74. The Kier molecular flexibility index (Phi) is 7.35. The van der Waals surface area contributed by atoms with Gasteiger partial charge in [0.05, 0.1) is 18.0 Å². The van der Waals surface area contributed by atoms with Crippen LogP contribution in [0.3, 0.4) is 0 Å². The van der Waals surface area contributed by atoms with Crippen molar-refractivity contribution >= 4 is 44.5 Å². The van der Waals surface area contributed by atoms with E-state index in [9.17, 15) is 18.0 Å². The van der Waals surface area contributed by atoms with Crippen LogP contribution >= 0.6 is 11.8 Å². The van der Waals surface area contributed by atoms with E-state index in [1.165, 1.54) is 6.08 Å². The number of amides is 2. The van der Waals surface area contributed by atoms with Crippen LogP contribution in [0, 0.1) is 5.41 Å². The molecule has 2 atom stereocenters. The largest absolute Gasteiger partial charge is 0.378 e. The van der Waals surface area contributed by atoms with Crippen LogP contribution < -0.4 is 11.1 Å². The van der Waals surface area contributed by atoms with Gasteiger partial charge in [0.1, 0.15) is 11.8 Å². The van der Waals surface area contributed by atoms with Gasteiger partial charge in [-0.2, -0.15) is 0 Å². The van der Waals surface area contributed by atoms with Gasteiger partial charge in [0.25, 0.3) is 11.8 Å². The van der Waals surface area contributed by atoms with Crippen LogP contribution in [0.1, 0.15) is 6.92 Å². The van der Waals surface area contributed by atoms with E-state index in [1.807, 2.05) is 0 Å². The van der Waals surface area contributed by atoms with Crippen molar-refractivity contribution in [2.24, 2.45) is 10.7 Å². The molecule has 1 saturated heterocycles. The molecule has 2 amide bonds. The number of β-lactam (4-membered cyclic amide) rings is 1. The van der Waals surface area contributed by atoms with Crippen molar-refractivity contribution < 1.29 is 18.0 Å². The van der Waals surface area contributed by atoms with E-state index in [0.717, 1.165) is 22.3 Å². The van der Waals surface area contributed by atoms with Gasteiger partial charge in [0.2, 0.25) is 10.0 Å². The van der Waals surface area contributed by atoms with Crippen molar-refractivity contribution in [3.05, 3.63) is 11.8 Å². The highest BCUT2D eigenvalue weighted by Crippen LogP contribution is 2.24. The molecule has 1 aliphatic rings. The summed E-state index contributed by atoms with van der Waals surface area (Å²) in [6, 6.07) is -1.77. The number of hydrogen-bond acceptors (Lipinski definition) is 8. The highest BCUT2D eigenvalue weighted by Gasteiger charge is 2.53. The number of nitrogens with two attached hydrogens (primary N) is 1. The van der Waals surface area contributed by atoms with Crippen molar-refractivity contribution in [3.8, 4) is 0 Å². The second-order valence-electron chi connectivity index (χ2n) is 5.88. The van der Waals surface area contributed by atoms with E-state index < -0.39 is 39.6 Å². The number of hydrogen-bond donors (Lipinski definition) is 3. The minimum absolute atomic E-state index is 0.0604. The molecular weight excluding hydrogens is 380 g/mol. The maximum Gasteiger partial charge on any atom is 0.272 e. The molecule has 26 heavy (non-hydrogen) atoms. The van der Waals surface area contributed by atoms with Gasteiger partial charge in [-0.05, 0) is 27.3 Å². The Morgan fingerprint density at radius 1 is 1.50 bits per heavy atom. The summed E-state index contributed by atoms with van der Waals surface area (Å²) in [5.41, 5.74) is 5.20. The predicted molar refractivity (Wildman–Crippen MR) is 103 cm³/mol. The second kappa shape index (κ2) is 8.64. The third kappa shape index (κ3) is 5.05. The maximum atomic E-state index is 12.3. The highest BCUT2D eigenvalue weighted by molar-refractivity contribution is 8.13. The number of likely N-dealkylation sites (N-methyl/N-ethyl adjacent to an activating group) is 1. The average Bonchev–Trinajstić information content (AvgIpc) is 2.54. The van der Waals surface area contributed by atoms with E-state index in [2.05, 4.69) is 10.3 Å². The Morgan fingerprint density at radius 2 is 2.08 bits per heavy atom. The van der Waals surface area contributed by atoms with Gasteiger partial charge in [-0.3, -0.25) is 15.0 Å². The molecule has 0 saturated carbocycles. The normalized spacial score (nSPS) is 21.6. The number of carbonyl (C=O) groups excluding carboxylic acids is 2. The van der Waals surface area contributed by atoms with E-state index in [1.54, 1.807) is 32.2 Å². The minimum Gasteiger partial charge on any atom is -0.378 e. The van der Waals surface area contributed by atoms with Crippen LogP contribution in [-0.4, -0.2) is 85.6 Å². The summed E-state index contributed by atoms with van der Waals surface area (Å²) in [6.07, 6.45) is 4.09. The van der Waals surface area contributed by atoms with Crippen LogP contribution in [0.2, 0.25) is 0 Å². The Bertz CT molecular complexity index is 759. The van der Waals surface area contributed by atoms with E-state index >= 15 is 0 Å². The molecule has 1 rings (SSSR count). The first-order valence-corrected chi connectivity index (χ1v) is 10.6. The van der Waals surface area contributed by atoms with Crippen molar-refractivity contribution in [2.45, 2.75) is 19.0 Å². The zero-order valence-corrected chi connectivity index (χ0v) is 16.9. The summed E-state index contributed by atoms with van der Waals surface area (Å²) in [5, 5.41) is 10.6. The molecule has 0 radical (unpaired) electrons. The monoisotopic (exact) mass is 404 g/mol. The van der Waals surface area contributed by atoms with Crippen LogP contribution in [0.4, 0.5) is 0 Å². The molecule has 0 aromatic carbocycles. The first kappa shape index (κ1) is 22.1. The average molecular weight is 405 g/mol. The lowest BCUT2D eigenvalue weighted by molar-refractivity contribution is -0.144. The molecule has 1 fully saturated rings. The summed E-state index contributed by atoms with van der Waals surface area (Å²) in [7, 11) is -0.291. The van der Waals surface area contributed by atoms with Crippen molar-refractivity contribution in [2.75, 3.05) is 33.2 Å². The number of nitrogens with one attached hydrogen (secondary N) is 2. The van der Waals surface area contributed by atoms with Crippen LogP contribution in [0.25, 0.3) is 0 Å². The lowest BCUT2D eigenvalue weighted by Crippen LogP contribution is -2.74. The van der Waals surface area contributed by atoms with Gasteiger partial charge < -0.3 is 16.0 Å². The quantitative estimate of drug-likeness (QED) is 0.274. The lowest BCUT2D eigenvalue weighted by Gasteiger charge is -2.46. The molecule has 1 aliphatic heterocycles. The number of allylic oxidation sites excluding steroid dienone is 1. The van der Waals surface area contributed by atoms with Crippen LogP contribution in [0.5, 0.6) is 0 Å². The number of nitrogens with zero attached hydrogens (tertiary/aromatic N) is 3. The van der Waals surface area contributed by atoms with Crippen molar-refractivity contribution in [3.63, 3.8) is 0 Å². The van der Waals surface area contributed by atoms with Crippen LogP contribution in [0.15, 0.2) is 16.8 Å². The molecular formula is C14H24N6O4S2. The first-order valence-electron chi connectivity index (χ1n) is 7.56. The third-order valence-corrected chi connectivity index (χ3v) is 5.24. The Hall–Kier alpha value is -1.92. The first-order chi connectivity index (χ1) is 11.9. The fraction of sp³-hybridized carbons (Fsp3) is 0.571. The summed E-state index contributed by atoms with van der Waals surface area (Å²) in [5.74, 6) is -1.55. The molecule has 0 aromatic heterocycles. The van der Waals surface area contributed by atoms with Gasteiger partial charge in [0, 0.05) is 6.54 Å². The summed E-state index contributed by atoms with van der Waals surface area (Å²) < 4.78 is 24.3. The molecule has 0 bridgehead atoms. The van der Waals surface area contributed by atoms with Crippen molar-refractivity contribution in [1.82, 2.24) is 14.5 Å². The number of aliphatic imine (C=N–C) groups is 1. The Morgan fingerprint density at radius 3 is 2.50 bits per heavy atom. The van der Waals surface area contributed by atoms with Gasteiger partial charge in [-0.1, -0.05) is 17.8 Å². The van der Waals surface area contributed by atoms with Gasteiger partial charge in [-0.25, -0.2) is 17.7 Å². The van der Waals surface area contributed by atoms with E-state index in [4.69, 9.17) is 11.1 Å². The Labute approximate surface area is 157 Å². The standard InChI is InChI=1S/C14H24N6O4S2/c1-6-8(17-14(16)25-4)10(15)12(21)18-11-9(7-19(2)3)20(13(11)22)26(5,23)24/h6,9,11,15H,7H2,1-5H3,(H2,16,17)(H,18,21)/b8-6-,15-10?. The molecule has 0 aromatic rings. The molecule has 2 unspecified atom stereocenters. The molecule has 1 heterocycles. The van der Waals surface area contributed by atoms with E-state index in [-0.39, 0.29) is 17.4 Å². The highest BCUT2D eigenvalue weighted by atomic mass is 32.2. The number of carbonyl (C=O) groups is 2. The number of rotatable bonds is 7. The zero-order valence-electron chi connectivity index (χ0n) is 15.3. The molecule has 10 nitrogen and oxygen atoms in total. The molecule has 4 N–H and O–H groups in total. The lowest BCUT2D eigenvalue weighted by atomic mass is 9.98. The molecule has 146 valence electrons. The van der Waals surface area contributed by atoms with Gasteiger partial charge >= 0.3 is 0 Å². The summed E-state index contributed by atoms with van der Waals surface area (Å²) in [6.45, 7) is 1.84. The second-order valence-corrected chi connectivity index (χ2v) is 8.57. The van der Waals surface area contributed by atoms with Gasteiger partial charge in [0.15, 0.2) is 5.17 Å². The smallest absolute Gasteiger partial charge is 0.272 e. The van der Waals surface area contributed by atoms with Gasteiger partial charge in [-0.15, -0.1) is 0 Å². The molecule has 12 heteroatoms. The fourth-order valence-electron chi connectivity index (χ4n) is 2.40. The van der Waals surface area contributed by atoms with Crippen molar-refractivity contribution in [1.29, 1.82) is 5.41 Å².